The zero-order valence-corrected chi connectivity index (χ0v) is 11.4. The van der Waals surface area contributed by atoms with Crippen molar-refractivity contribution in [1.29, 1.82) is 0 Å². The van der Waals surface area contributed by atoms with Gasteiger partial charge in [-0.15, -0.1) is 11.3 Å². The van der Waals surface area contributed by atoms with Gasteiger partial charge < -0.3 is 4.74 Å². The van der Waals surface area contributed by atoms with Crippen molar-refractivity contribution in [3.8, 4) is 5.88 Å². The number of hydrogen-bond acceptors (Lipinski definition) is 6. The Labute approximate surface area is 109 Å². The van der Waals surface area contributed by atoms with Crippen LogP contribution in [0.4, 0.5) is 5.13 Å². The second kappa shape index (κ2) is 4.91. The summed E-state index contributed by atoms with van der Waals surface area (Å²) in [6.45, 7) is 1.79. The topological polar surface area (TPSA) is 81.2 Å². The first-order valence-corrected chi connectivity index (χ1v) is 7.32. The first-order valence-electron chi connectivity index (χ1n) is 4.96. The SMILES string of the molecule is COc1ccc(S(=O)(=O)Nc2nc(C)cs2)cn1. The molecule has 0 aliphatic rings. The zero-order chi connectivity index (χ0) is 13.2. The van der Waals surface area contributed by atoms with Crippen LogP contribution in [0, 0.1) is 6.92 Å². The monoisotopic (exact) mass is 285 g/mol. The number of nitrogens with zero attached hydrogens (tertiary/aromatic N) is 2. The molecule has 18 heavy (non-hydrogen) atoms. The van der Waals surface area contributed by atoms with Crippen molar-refractivity contribution in [2.24, 2.45) is 0 Å². The highest BCUT2D eigenvalue weighted by Gasteiger charge is 2.16. The molecule has 0 amide bonds. The second-order valence-corrected chi connectivity index (χ2v) is 5.98. The number of sulfonamides is 1. The number of hydrogen-bond donors (Lipinski definition) is 1. The molecule has 0 aliphatic carbocycles. The largest absolute Gasteiger partial charge is 0.481 e. The van der Waals surface area contributed by atoms with Crippen LogP contribution in [0.25, 0.3) is 0 Å². The molecule has 2 heterocycles. The van der Waals surface area contributed by atoms with Crippen molar-refractivity contribution in [3.05, 3.63) is 29.4 Å². The van der Waals surface area contributed by atoms with Gasteiger partial charge in [0, 0.05) is 11.4 Å². The van der Waals surface area contributed by atoms with Gasteiger partial charge in [0.25, 0.3) is 10.0 Å². The van der Waals surface area contributed by atoms with Gasteiger partial charge in [-0.3, -0.25) is 4.72 Å². The lowest BCUT2D eigenvalue weighted by atomic mass is 10.5. The van der Waals surface area contributed by atoms with Crippen LogP contribution in [0.1, 0.15) is 5.69 Å². The van der Waals surface area contributed by atoms with Gasteiger partial charge in [0.1, 0.15) is 4.90 Å². The van der Waals surface area contributed by atoms with Gasteiger partial charge in [0.2, 0.25) is 5.88 Å². The molecule has 0 bridgehead atoms. The Bertz CT molecular complexity index is 635. The Kier molecular flexibility index (Phi) is 3.48. The Morgan fingerprint density at radius 1 is 1.39 bits per heavy atom. The number of aromatic nitrogens is 2. The number of ether oxygens (including phenoxy) is 1. The minimum Gasteiger partial charge on any atom is -0.481 e. The summed E-state index contributed by atoms with van der Waals surface area (Å²) in [6, 6.07) is 2.91. The lowest BCUT2D eigenvalue weighted by molar-refractivity contribution is 0.397. The van der Waals surface area contributed by atoms with Crippen LogP contribution in [-0.4, -0.2) is 25.5 Å². The Morgan fingerprint density at radius 3 is 2.67 bits per heavy atom. The smallest absolute Gasteiger partial charge is 0.265 e. The summed E-state index contributed by atoms with van der Waals surface area (Å²) in [5.74, 6) is 0.360. The molecule has 2 aromatic rings. The molecule has 2 aromatic heterocycles. The molecule has 0 saturated carbocycles. The normalized spacial score (nSPS) is 11.2. The lowest BCUT2D eigenvalue weighted by Gasteiger charge is -2.05. The van der Waals surface area contributed by atoms with E-state index in [0.717, 1.165) is 5.69 Å². The summed E-state index contributed by atoms with van der Waals surface area (Å²) in [5, 5.41) is 2.10. The van der Waals surface area contributed by atoms with Crippen molar-refractivity contribution in [1.82, 2.24) is 9.97 Å². The van der Waals surface area contributed by atoms with E-state index in [4.69, 9.17) is 4.74 Å². The highest BCUT2D eigenvalue weighted by molar-refractivity contribution is 7.93. The third-order valence-electron chi connectivity index (χ3n) is 2.07. The molecule has 0 aromatic carbocycles. The molecule has 6 nitrogen and oxygen atoms in total. The van der Waals surface area contributed by atoms with E-state index >= 15 is 0 Å². The van der Waals surface area contributed by atoms with Gasteiger partial charge >= 0.3 is 0 Å². The Balaban J connectivity index is 2.24. The number of pyridine rings is 1. The van der Waals surface area contributed by atoms with Gasteiger partial charge in [-0.25, -0.2) is 18.4 Å². The molecule has 0 spiro atoms. The molecule has 0 unspecified atom stereocenters. The third kappa shape index (κ3) is 2.77. The molecule has 0 fully saturated rings. The maximum Gasteiger partial charge on any atom is 0.265 e. The van der Waals surface area contributed by atoms with Crippen molar-refractivity contribution in [3.63, 3.8) is 0 Å². The minimum absolute atomic E-state index is 0.0659. The molecule has 0 saturated heterocycles. The van der Waals surface area contributed by atoms with Crippen molar-refractivity contribution in [2.45, 2.75) is 11.8 Å². The average molecular weight is 285 g/mol. The van der Waals surface area contributed by atoms with Gasteiger partial charge in [-0.2, -0.15) is 0 Å². The van der Waals surface area contributed by atoms with Crippen LogP contribution in [0.3, 0.4) is 0 Å². The first kappa shape index (κ1) is 12.8. The zero-order valence-electron chi connectivity index (χ0n) is 9.75. The molecule has 0 radical (unpaired) electrons. The van der Waals surface area contributed by atoms with Gasteiger partial charge in [0.05, 0.1) is 19.0 Å². The summed E-state index contributed by atoms with van der Waals surface area (Å²) < 4.78 is 31.2. The van der Waals surface area contributed by atoms with E-state index in [0.29, 0.717) is 11.0 Å². The number of anilines is 1. The van der Waals surface area contributed by atoms with Crippen LogP contribution < -0.4 is 9.46 Å². The van der Waals surface area contributed by atoms with Crippen molar-refractivity contribution < 1.29 is 13.2 Å². The standard InChI is InChI=1S/C10H11N3O3S2/c1-7-6-17-10(12-7)13-18(14,15)8-3-4-9(16-2)11-5-8/h3-6H,1-2H3,(H,12,13). The molecule has 8 heteroatoms. The van der Waals surface area contributed by atoms with Crippen LogP contribution >= 0.6 is 11.3 Å². The molecule has 0 atom stereocenters. The van der Waals surface area contributed by atoms with Crippen molar-refractivity contribution >= 4 is 26.5 Å². The fraction of sp³-hybridized carbons (Fsp3) is 0.200. The minimum atomic E-state index is -3.65. The van der Waals surface area contributed by atoms with Crippen LogP contribution in [0.15, 0.2) is 28.6 Å². The highest BCUT2D eigenvalue weighted by atomic mass is 32.2. The van der Waals surface area contributed by atoms with E-state index in [2.05, 4.69) is 14.7 Å². The van der Waals surface area contributed by atoms with E-state index < -0.39 is 10.0 Å². The van der Waals surface area contributed by atoms with Crippen molar-refractivity contribution in [2.75, 3.05) is 11.8 Å². The number of aryl methyl sites for hydroxylation is 1. The second-order valence-electron chi connectivity index (χ2n) is 3.44. The number of nitrogens with one attached hydrogen (secondary N) is 1. The van der Waals surface area contributed by atoms with E-state index in [1.54, 1.807) is 12.3 Å². The molecular weight excluding hydrogens is 274 g/mol. The fourth-order valence-corrected chi connectivity index (χ4v) is 3.11. The highest BCUT2D eigenvalue weighted by Crippen LogP contribution is 2.20. The predicted octanol–water partition coefficient (Wildman–Crippen LogP) is 1.66. The van der Waals surface area contributed by atoms with Crippen LogP contribution in [0.2, 0.25) is 0 Å². The first-order chi connectivity index (χ1) is 8.51. The fourth-order valence-electron chi connectivity index (χ4n) is 1.22. The maximum absolute atomic E-state index is 12.0. The summed E-state index contributed by atoms with van der Waals surface area (Å²) in [5.41, 5.74) is 0.769. The predicted molar refractivity (Wildman–Crippen MR) is 68.4 cm³/mol. The Hall–Kier alpha value is -1.67. The molecule has 0 aliphatic heterocycles. The number of methoxy groups -OCH3 is 1. The molecule has 1 N–H and O–H groups in total. The summed E-state index contributed by atoms with van der Waals surface area (Å²) in [7, 11) is -2.18. The van der Waals surface area contributed by atoms with Gasteiger partial charge in [-0.1, -0.05) is 0 Å². The number of rotatable bonds is 4. The summed E-state index contributed by atoms with van der Waals surface area (Å²) in [4.78, 5) is 7.96. The quantitative estimate of drug-likeness (QED) is 0.924. The van der Waals surface area contributed by atoms with Gasteiger partial charge in [0.15, 0.2) is 5.13 Å². The van der Waals surface area contributed by atoms with Crippen LogP contribution in [-0.2, 0) is 10.0 Å². The molecular formula is C10H11N3O3S2. The van der Waals surface area contributed by atoms with E-state index in [1.807, 2.05) is 0 Å². The molecule has 2 rings (SSSR count). The average Bonchev–Trinajstić information content (AvgIpc) is 2.74. The molecule has 96 valence electrons. The van der Waals surface area contributed by atoms with Gasteiger partial charge in [-0.05, 0) is 13.0 Å². The van der Waals surface area contributed by atoms with E-state index in [1.165, 1.54) is 36.8 Å². The maximum atomic E-state index is 12.0. The number of thiazole rings is 1. The van der Waals surface area contributed by atoms with E-state index in [-0.39, 0.29) is 4.90 Å². The van der Waals surface area contributed by atoms with E-state index in [9.17, 15) is 8.42 Å². The summed E-state index contributed by atoms with van der Waals surface area (Å²) in [6.07, 6.45) is 1.24. The Morgan fingerprint density at radius 2 is 2.17 bits per heavy atom. The third-order valence-corrected chi connectivity index (χ3v) is 4.40. The van der Waals surface area contributed by atoms with Crippen LogP contribution in [0.5, 0.6) is 5.88 Å². The lowest BCUT2D eigenvalue weighted by Crippen LogP contribution is -2.13. The summed E-state index contributed by atoms with van der Waals surface area (Å²) >= 11 is 1.23.